The molecule has 0 spiro atoms. The maximum atomic E-state index is 10.5. The summed E-state index contributed by atoms with van der Waals surface area (Å²) in [6.07, 6.45) is 2.50. The summed E-state index contributed by atoms with van der Waals surface area (Å²) in [7, 11) is 1.70. The number of piperazine rings is 1. The van der Waals surface area contributed by atoms with Gasteiger partial charge in [0, 0.05) is 39.8 Å². The van der Waals surface area contributed by atoms with Gasteiger partial charge >= 0.3 is 5.69 Å². The van der Waals surface area contributed by atoms with Crippen LogP contribution in [-0.4, -0.2) is 66.2 Å². The van der Waals surface area contributed by atoms with Crippen molar-refractivity contribution in [3.63, 3.8) is 0 Å². The molecular weight excluding hydrogens is 250 g/mol. The highest BCUT2D eigenvalue weighted by Gasteiger charge is 2.19. The van der Waals surface area contributed by atoms with Crippen LogP contribution in [0, 0.1) is 10.1 Å². The standard InChI is InChI=1S/C11H17N5O3/c1-19-7-6-14-2-4-15(5-3-14)11-12-8-10(9-13-11)16(17)18/h8-9H,2-7H2,1H3. The summed E-state index contributed by atoms with van der Waals surface area (Å²) in [5.41, 5.74) is -0.0810. The Morgan fingerprint density at radius 1 is 1.32 bits per heavy atom. The van der Waals surface area contributed by atoms with Gasteiger partial charge in [0.25, 0.3) is 0 Å². The Kier molecular flexibility index (Phi) is 4.58. The molecule has 8 heteroatoms. The van der Waals surface area contributed by atoms with Crippen LogP contribution in [0.2, 0.25) is 0 Å². The summed E-state index contributed by atoms with van der Waals surface area (Å²) >= 11 is 0. The van der Waals surface area contributed by atoms with Gasteiger partial charge in [-0.3, -0.25) is 15.0 Å². The molecule has 2 heterocycles. The van der Waals surface area contributed by atoms with Crippen LogP contribution in [0.3, 0.4) is 0 Å². The first-order valence-electron chi connectivity index (χ1n) is 6.13. The number of hydrogen-bond acceptors (Lipinski definition) is 7. The number of hydrogen-bond donors (Lipinski definition) is 0. The van der Waals surface area contributed by atoms with E-state index in [0.29, 0.717) is 5.95 Å². The average Bonchev–Trinajstić information content (AvgIpc) is 2.46. The lowest BCUT2D eigenvalue weighted by molar-refractivity contribution is -0.385. The van der Waals surface area contributed by atoms with Crippen LogP contribution in [0.5, 0.6) is 0 Å². The molecule has 1 aromatic heterocycles. The maximum absolute atomic E-state index is 10.5. The third kappa shape index (κ3) is 3.58. The van der Waals surface area contributed by atoms with E-state index in [-0.39, 0.29) is 5.69 Å². The van der Waals surface area contributed by atoms with E-state index in [9.17, 15) is 10.1 Å². The predicted octanol–water partition coefficient (Wildman–Crippen LogP) is 0.153. The van der Waals surface area contributed by atoms with Gasteiger partial charge < -0.3 is 9.64 Å². The topological polar surface area (TPSA) is 84.6 Å². The Hall–Kier alpha value is -1.80. The minimum atomic E-state index is -0.494. The molecule has 2 rings (SSSR count). The fourth-order valence-corrected chi connectivity index (χ4v) is 1.96. The molecule has 0 bridgehead atoms. The van der Waals surface area contributed by atoms with E-state index in [2.05, 4.69) is 14.9 Å². The van der Waals surface area contributed by atoms with Gasteiger partial charge in [0.2, 0.25) is 5.95 Å². The second-order valence-corrected chi connectivity index (χ2v) is 4.32. The Morgan fingerprint density at radius 2 is 1.95 bits per heavy atom. The molecule has 0 radical (unpaired) electrons. The monoisotopic (exact) mass is 267 g/mol. The lowest BCUT2D eigenvalue weighted by Gasteiger charge is -2.34. The number of aromatic nitrogens is 2. The van der Waals surface area contributed by atoms with Crippen LogP contribution < -0.4 is 4.90 Å². The molecule has 104 valence electrons. The van der Waals surface area contributed by atoms with Crippen molar-refractivity contribution < 1.29 is 9.66 Å². The second kappa shape index (κ2) is 6.39. The Bertz CT molecular complexity index is 417. The van der Waals surface area contributed by atoms with Crippen LogP contribution in [0.15, 0.2) is 12.4 Å². The van der Waals surface area contributed by atoms with E-state index in [1.54, 1.807) is 7.11 Å². The lowest BCUT2D eigenvalue weighted by Crippen LogP contribution is -2.47. The first-order valence-corrected chi connectivity index (χ1v) is 6.13. The minimum absolute atomic E-state index is 0.0810. The molecule has 0 atom stereocenters. The van der Waals surface area contributed by atoms with Crippen molar-refractivity contribution in [2.45, 2.75) is 0 Å². The highest BCUT2D eigenvalue weighted by molar-refractivity contribution is 5.34. The van der Waals surface area contributed by atoms with Gasteiger partial charge in [-0.2, -0.15) is 0 Å². The molecule has 0 aliphatic carbocycles. The summed E-state index contributed by atoms with van der Waals surface area (Å²) in [5, 5.41) is 10.5. The first-order chi connectivity index (χ1) is 9.20. The van der Waals surface area contributed by atoms with Crippen molar-refractivity contribution >= 4 is 11.6 Å². The smallest absolute Gasteiger partial charge is 0.305 e. The molecule has 1 saturated heterocycles. The minimum Gasteiger partial charge on any atom is -0.383 e. The second-order valence-electron chi connectivity index (χ2n) is 4.32. The number of anilines is 1. The van der Waals surface area contributed by atoms with Crippen molar-refractivity contribution in [1.82, 2.24) is 14.9 Å². The maximum Gasteiger partial charge on any atom is 0.305 e. The highest BCUT2D eigenvalue weighted by atomic mass is 16.6. The van der Waals surface area contributed by atoms with Crippen molar-refractivity contribution in [3.05, 3.63) is 22.5 Å². The zero-order valence-corrected chi connectivity index (χ0v) is 10.9. The van der Waals surface area contributed by atoms with Gasteiger partial charge in [0.1, 0.15) is 12.4 Å². The molecule has 0 saturated carbocycles. The van der Waals surface area contributed by atoms with Gasteiger partial charge in [-0.1, -0.05) is 0 Å². The molecular formula is C11H17N5O3. The van der Waals surface area contributed by atoms with E-state index in [0.717, 1.165) is 39.3 Å². The van der Waals surface area contributed by atoms with Gasteiger partial charge in [0.05, 0.1) is 11.5 Å². The number of nitro groups is 1. The van der Waals surface area contributed by atoms with Crippen molar-refractivity contribution in [3.8, 4) is 0 Å². The first kappa shape index (κ1) is 13.6. The molecule has 8 nitrogen and oxygen atoms in total. The summed E-state index contributed by atoms with van der Waals surface area (Å²) in [6, 6.07) is 0. The summed E-state index contributed by atoms with van der Waals surface area (Å²) in [6.45, 7) is 5.13. The molecule has 1 aliphatic rings. The fraction of sp³-hybridized carbons (Fsp3) is 0.636. The van der Waals surface area contributed by atoms with E-state index < -0.39 is 4.92 Å². The van der Waals surface area contributed by atoms with Crippen LogP contribution in [0.25, 0.3) is 0 Å². The van der Waals surface area contributed by atoms with E-state index in [4.69, 9.17) is 4.74 Å². The third-order valence-corrected chi connectivity index (χ3v) is 3.10. The molecule has 19 heavy (non-hydrogen) atoms. The number of rotatable bonds is 5. The van der Waals surface area contributed by atoms with Gasteiger partial charge in [-0.15, -0.1) is 0 Å². The Morgan fingerprint density at radius 3 is 2.47 bits per heavy atom. The Labute approximate surface area is 111 Å². The van der Waals surface area contributed by atoms with Crippen molar-refractivity contribution in [2.24, 2.45) is 0 Å². The Balaban J connectivity index is 1.88. The SMILES string of the molecule is COCCN1CCN(c2ncc([N+](=O)[O-])cn2)CC1. The molecule has 1 aliphatic heterocycles. The van der Waals surface area contributed by atoms with Crippen molar-refractivity contribution in [2.75, 3.05) is 51.3 Å². The molecule has 1 fully saturated rings. The lowest BCUT2D eigenvalue weighted by atomic mass is 10.3. The largest absolute Gasteiger partial charge is 0.383 e. The van der Waals surface area contributed by atoms with Crippen molar-refractivity contribution in [1.29, 1.82) is 0 Å². The zero-order chi connectivity index (χ0) is 13.7. The number of ether oxygens (including phenoxy) is 1. The molecule has 0 N–H and O–H groups in total. The van der Waals surface area contributed by atoms with Crippen LogP contribution in [-0.2, 0) is 4.74 Å². The van der Waals surface area contributed by atoms with Crippen LogP contribution in [0.4, 0.5) is 11.6 Å². The van der Waals surface area contributed by atoms with Gasteiger partial charge in [-0.05, 0) is 0 Å². The molecule has 0 unspecified atom stereocenters. The molecule has 1 aromatic rings. The highest BCUT2D eigenvalue weighted by Crippen LogP contribution is 2.13. The van der Waals surface area contributed by atoms with E-state index in [1.807, 2.05) is 4.90 Å². The van der Waals surface area contributed by atoms with E-state index >= 15 is 0 Å². The summed E-state index contributed by atoms with van der Waals surface area (Å²) in [5.74, 6) is 0.553. The normalized spacial score (nSPS) is 16.6. The average molecular weight is 267 g/mol. The summed E-state index contributed by atoms with van der Waals surface area (Å²) < 4.78 is 5.05. The summed E-state index contributed by atoms with van der Waals surface area (Å²) in [4.78, 5) is 22.5. The number of methoxy groups -OCH3 is 1. The van der Waals surface area contributed by atoms with E-state index in [1.165, 1.54) is 12.4 Å². The third-order valence-electron chi connectivity index (χ3n) is 3.10. The zero-order valence-electron chi connectivity index (χ0n) is 10.9. The van der Waals surface area contributed by atoms with Crippen LogP contribution in [0.1, 0.15) is 0 Å². The predicted molar refractivity (Wildman–Crippen MR) is 69.2 cm³/mol. The van der Waals surface area contributed by atoms with Gasteiger partial charge in [0.15, 0.2) is 0 Å². The quantitative estimate of drug-likeness (QED) is 0.554. The van der Waals surface area contributed by atoms with Crippen LogP contribution >= 0.6 is 0 Å². The molecule has 0 amide bonds. The molecule has 0 aromatic carbocycles. The fourth-order valence-electron chi connectivity index (χ4n) is 1.96. The van der Waals surface area contributed by atoms with Gasteiger partial charge in [-0.25, -0.2) is 9.97 Å². The number of nitrogens with zero attached hydrogens (tertiary/aromatic N) is 5.